The Morgan fingerprint density at radius 3 is 2.58 bits per heavy atom. The van der Waals surface area contributed by atoms with Crippen LogP contribution in [0.15, 0.2) is 18.2 Å². The van der Waals surface area contributed by atoms with Crippen LogP contribution < -0.4 is 4.90 Å². The van der Waals surface area contributed by atoms with Crippen LogP contribution in [0.3, 0.4) is 0 Å². The van der Waals surface area contributed by atoms with Gasteiger partial charge in [-0.3, -0.25) is 4.79 Å². The van der Waals surface area contributed by atoms with Gasteiger partial charge in [0.15, 0.2) is 0 Å². The molecule has 0 N–H and O–H groups in total. The Morgan fingerprint density at radius 2 is 2.11 bits per heavy atom. The monoisotopic (exact) mass is 270 g/mol. The third-order valence-corrected chi connectivity index (χ3v) is 2.48. The van der Waals surface area contributed by atoms with Crippen LogP contribution in [-0.4, -0.2) is 25.6 Å². The van der Waals surface area contributed by atoms with E-state index in [1.54, 1.807) is 6.92 Å². The molecule has 3 nitrogen and oxygen atoms in total. The summed E-state index contributed by atoms with van der Waals surface area (Å²) in [6.45, 7) is 0.833. The Morgan fingerprint density at radius 1 is 1.42 bits per heavy atom. The lowest BCUT2D eigenvalue weighted by Crippen LogP contribution is -2.35. The Labute approximate surface area is 109 Å². The quantitative estimate of drug-likeness (QED) is 0.772. The van der Waals surface area contributed by atoms with E-state index in [-0.39, 0.29) is 23.4 Å². The number of nitrogens with zero attached hydrogens (tertiary/aromatic N) is 2. The molecule has 0 aliphatic carbocycles. The molecule has 6 heteroatoms. The van der Waals surface area contributed by atoms with Crippen LogP contribution in [0.5, 0.6) is 0 Å². The first kappa shape index (κ1) is 15.0. The summed E-state index contributed by atoms with van der Waals surface area (Å²) in [6.07, 6.45) is -3.26. The Hall–Kier alpha value is -2.03. The number of nitriles is 1. The first-order valence-corrected chi connectivity index (χ1v) is 5.72. The van der Waals surface area contributed by atoms with Crippen molar-refractivity contribution in [3.63, 3.8) is 0 Å². The number of carbonyl (C=O) groups is 1. The van der Waals surface area contributed by atoms with Gasteiger partial charge in [-0.1, -0.05) is 6.92 Å². The van der Waals surface area contributed by atoms with Crippen molar-refractivity contribution in [3.05, 3.63) is 29.3 Å². The summed E-state index contributed by atoms with van der Waals surface area (Å²) < 4.78 is 37.5. The zero-order chi connectivity index (χ0) is 14.5. The van der Waals surface area contributed by atoms with Crippen molar-refractivity contribution in [1.82, 2.24) is 0 Å². The SMILES string of the molecule is CCCN(CC(F)(F)F)c1ccc(C=O)cc1C#N. The van der Waals surface area contributed by atoms with Gasteiger partial charge in [0.05, 0.1) is 11.3 Å². The van der Waals surface area contributed by atoms with Gasteiger partial charge >= 0.3 is 6.18 Å². The van der Waals surface area contributed by atoms with Crippen LogP contribution in [0.25, 0.3) is 0 Å². The first-order valence-electron chi connectivity index (χ1n) is 5.72. The molecule has 0 aliphatic rings. The molecule has 19 heavy (non-hydrogen) atoms. The molecule has 0 amide bonds. The number of benzene rings is 1. The fourth-order valence-corrected chi connectivity index (χ4v) is 1.76. The number of alkyl halides is 3. The lowest BCUT2D eigenvalue weighted by atomic mass is 10.1. The number of carbonyl (C=O) groups excluding carboxylic acids is 1. The van der Waals surface area contributed by atoms with Crippen LogP contribution >= 0.6 is 0 Å². The molecule has 0 atom stereocenters. The Balaban J connectivity index is 3.15. The van der Waals surface area contributed by atoms with Crippen molar-refractivity contribution in [2.45, 2.75) is 19.5 Å². The molecule has 0 heterocycles. The highest BCUT2D eigenvalue weighted by atomic mass is 19.4. The summed E-state index contributed by atoms with van der Waals surface area (Å²) in [5, 5.41) is 8.98. The number of hydrogen-bond donors (Lipinski definition) is 0. The third kappa shape index (κ3) is 4.28. The van der Waals surface area contributed by atoms with Crippen molar-refractivity contribution < 1.29 is 18.0 Å². The predicted molar refractivity (Wildman–Crippen MR) is 65.1 cm³/mol. The molecule has 102 valence electrons. The summed E-state index contributed by atoms with van der Waals surface area (Å²) in [5.74, 6) is 0. The maximum absolute atomic E-state index is 12.5. The summed E-state index contributed by atoms with van der Waals surface area (Å²) >= 11 is 0. The van der Waals surface area contributed by atoms with Gasteiger partial charge in [-0.15, -0.1) is 0 Å². The van der Waals surface area contributed by atoms with Gasteiger partial charge in [-0.05, 0) is 24.6 Å². The predicted octanol–water partition coefficient (Wildman–Crippen LogP) is 3.15. The Kier molecular flexibility index (Phi) is 4.93. The average molecular weight is 270 g/mol. The molecule has 0 aromatic heterocycles. The largest absolute Gasteiger partial charge is 0.405 e. The second-order valence-corrected chi connectivity index (χ2v) is 4.04. The van der Waals surface area contributed by atoms with Crippen LogP contribution in [0.1, 0.15) is 29.3 Å². The molecule has 0 fully saturated rings. The minimum Gasteiger partial charge on any atom is -0.362 e. The molecular weight excluding hydrogens is 257 g/mol. The van der Waals surface area contributed by atoms with Gasteiger partial charge in [-0.2, -0.15) is 18.4 Å². The molecule has 0 saturated carbocycles. The van der Waals surface area contributed by atoms with Crippen LogP contribution in [0.4, 0.5) is 18.9 Å². The standard InChI is InChI=1S/C13H13F3N2O/c1-2-5-18(9-13(14,15)16)12-4-3-10(8-19)6-11(12)7-17/h3-4,6,8H,2,5,9H2,1H3. The van der Waals surface area contributed by atoms with E-state index in [2.05, 4.69) is 0 Å². The van der Waals surface area contributed by atoms with E-state index < -0.39 is 12.7 Å². The fourth-order valence-electron chi connectivity index (χ4n) is 1.76. The lowest BCUT2D eigenvalue weighted by Gasteiger charge is -2.26. The minimum absolute atomic E-state index is 0.0716. The minimum atomic E-state index is -4.34. The van der Waals surface area contributed by atoms with Crippen molar-refractivity contribution in [3.8, 4) is 6.07 Å². The molecule has 0 aliphatic heterocycles. The zero-order valence-electron chi connectivity index (χ0n) is 10.4. The molecule has 1 aromatic rings. The van der Waals surface area contributed by atoms with Crippen molar-refractivity contribution >= 4 is 12.0 Å². The van der Waals surface area contributed by atoms with Crippen LogP contribution in [0.2, 0.25) is 0 Å². The lowest BCUT2D eigenvalue weighted by molar-refractivity contribution is -0.119. The number of rotatable bonds is 5. The molecule has 1 aromatic carbocycles. The number of aldehydes is 1. The highest BCUT2D eigenvalue weighted by molar-refractivity contribution is 5.78. The molecule has 1 rings (SSSR count). The molecule has 0 radical (unpaired) electrons. The van der Waals surface area contributed by atoms with E-state index >= 15 is 0 Å². The third-order valence-electron chi connectivity index (χ3n) is 2.48. The average Bonchev–Trinajstić information content (AvgIpc) is 2.36. The maximum atomic E-state index is 12.5. The van der Waals surface area contributed by atoms with Gasteiger partial charge in [0.2, 0.25) is 0 Å². The summed E-state index contributed by atoms with van der Waals surface area (Å²) in [6, 6.07) is 5.90. The van der Waals surface area contributed by atoms with Crippen LogP contribution in [0, 0.1) is 11.3 Å². The normalized spacial score (nSPS) is 10.9. The molecule has 0 bridgehead atoms. The van der Waals surface area contributed by atoms with Gasteiger partial charge in [0.1, 0.15) is 18.9 Å². The van der Waals surface area contributed by atoms with Crippen molar-refractivity contribution in [2.75, 3.05) is 18.0 Å². The number of anilines is 1. The topological polar surface area (TPSA) is 44.1 Å². The first-order chi connectivity index (χ1) is 8.91. The summed E-state index contributed by atoms with van der Waals surface area (Å²) in [5.41, 5.74) is 0.540. The second-order valence-electron chi connectivity index (χ2n) is 4.04. The highest BCUT2D eigenvalue weighted by Crippen LogP contribution is 2.26. The van der Waals surface area contributed by atoms with Gasteiger partial charge < -0.3 is 4.90 Å². The van der Waals surface area contributed by atoms with E-state index in [9.17, 15) is 18.0 Å². The summed E-state index contributed by atoms with van der Waals surface area (Å²) in [4.78, 5) is 11.7. The van der Waals surface area contributed by atoms with Gasteiger partial charge in [0, 0.05) is 12.1 Å². The maximum Gasteiger partial charge on any atom is 0.405 e. The molecular formula is C13H13F3N2O. The molecule has 0 spiro atoms. The van der Waals surface area contributed by atoms with E-state index in [0.29, 0.717) is 12.7 Å². The van der Waals surface area contributed by atoms with E-state index in [0.717, 1.165) is 4.90 Å². The number of hydrogen-bond acceptors (Lipinski definition) is 3. The molecule has 0 unspecified atom stereocenters. The van der Waals surface area contributed by atoms with E-state index in [4.69, 9.17) is 5.26 Å². The zero-order valence-corrected chi connectivity index (χ0v) is 10.4. The fraction of sp³-hybridized carbons (Fsp3) is 0.385. The second kappa shape index (κ2) is 6.23. The van der Waals surface area contributed by atoms with E-state index in [1.807, 2.05) is 6.07 Å². The van der Waals surface area contributed by atoms with Gasteiger partial charge in [-0.25, -0.2) is 0 Å². The van der Waals surface area contributed by atoms with E-state index in [1.165, 1.54) is 18.2 Å². The number of halogens is 3. The Bertz CT molecular complexity index is 492. The van der Waals surface area contributed by atoms with Gasteiger partial charge in [0.25, 0.3) is 0 Å². The van der Waals surface area contributed by atoms with Crippen molar-refractivity contribution in [1.29, 1.82) is 5.26 Å². The highest BCUT2D eigenvalue weighted by Gasteiger charge is 2.31. The molecule has 0 saturated heterocycles. The summed E-state index contributed by atoms with van der Waals surface area (Å²) in [7, 11) is 0. The van der Waals surface area contributed by atoms with Crippen LogP contribution in [-0.2, 0) is 0 Å². The van der Waals surface area contributed by atoms with Crippen molar-refractivity contribution in [2.24, 2.45) is 0 Å². The smallest absolute Gasteiger partial charge is 0.362 e.